The van der Waals surface area contributed by atoms with Crippen molar-refractivity contribution in [3.05, 3.63) is 82.5 Å². The average Bonchev–Trinajstić information content (AvgIpc) is 3.52. The summed E-state index contributed by atoms with van der Waals surface area (Å²) in [5.74, 6) is -0.771. The number of halogens is 2. The fraction of sp³-hybridized carbons (Fsp3) is 0.0435. The maximum atomic E-state index is 13.4. The third kappa shape index (κ3) is 4.65. The number of thiazole rings is 1. The zero-order chi connectivity index (χ0) is 25.4. The average molecular weight is 560 g/mol. The highest BCUT2D eigenvalue weighted by atomic mass is 35.5. The largest absolute Gasteiger partial charge is 0.480 e. The van der Waals surface area contributed by atoms with E-state index in [2.05, 4.69) is 15.2 Å². The van der Waals surface area contributed by atoms with Crippen LogP contribution in [0.5, 0.6) is 0 Å². The van der Waals surface area contributed by atoms with Gasteiger partial charge in [0.25, 0.3) is 10.0 Å². The second-order valence-corrected chi connectivity index (χ2v) is 11.2. The van der Waals surface area contributed by atoms with Crippen LogP contribution in [0, 0.1) is 0 Å². The van der Waals surface area contributed by atoms with Crippen molar-refractivity contribution in [3.63, 3.8) is 0 Å². The molecule has 182 valence electrons. The highest BCUT2D eigenvalue weighted by Crippen LogP contribution is 2.31. The normalized spacial score (nSPS) is 11.6. The van der Waals surface area contributed by atoms with Gasteiger partial charge in [-0.05, 0) is 48.5 Å². The topological polar surface area (TPSA) is 118 Å². The molecule has 0 atom stereocenters. The number of anilines is 1. The molecule has 0 saturated heterocycles. The van der Waals surface area contributed by atoms with Crippen LogP contribution in [0.3, 0.4) is 0 Å². The lowest BCUT2D eigenvalue weighted by Gasteiger charge is -2.23. The number of aliphatic carboxylic acids is 1. The highest BCUT2D eigenvalue weighted by molar-refractivity contribution is 7.92. The molecule has 0 amide bonds. The Bertz CT molecular complexity index is 1680. The van der Waals surface area contributed by atoms with Crippen LogP contribution < -0.4 is 4.31 Å². The Kier molecular flexibility index (Phi) is 6.39. The van der Waals surface area contributed by atoms with E-state index in [4.69, 9.17) is 23.2 Å². The van der Waals surface area contributed by atoms with Crippen molar-refractivity contribution >= 4 is 67.1 Å². The minimum atomic E-state index is -4.29. The van der Waals surface area contributed by atoms with Crippen molar-refractivity contribution in [1.82, 2.24) is 19.7 Å². The standard InChI is InChI=1S/C23H15Cl2N5O4S2/c24-16-9-17(25)11-19(10-16)36(33,34)30(13-22(31)32)18-1-2-20-14(7-18)3-5-29(20)21-8-15(12-27-28-21)23-26-4-6-35-23/h1-12H,13H2,(H,31,32). The van der Waals surface area contributed by atoms with Gasteiger partial charge in [0.05, 0.1) is 22.3 Å². The van der Waals surface area contributed by atoms with E-state index < -0.39 is 22.5 Å². The lowest BCUT2D eigenvalue weighted by atomic mass is 10.2. The molecule has 0 bridgehead atoms. The van der Waals surface area contributed by atoms with Crippen LogP contribution in [0.25, 0.3) is 27.3 Å². The van der Waals surface area contributed by atoms with E-state index in [1.807, 2.05) is 11.4 Å². The van der Waals surface area contributed by atoms with Crippen molar-refractivity contribution in [2.75, 3.05) is 10.8 Å². The number of rotatable bonds is 7. The van der Waals surface area contributed by atoms with E-state index in [1.54, 1.807) is 41.4 Å². The summed E-state index contributed by atoms with van der Waals surface area (Å²) in [5, 5.41) is 21.3. The maximum absolute atomic E-state index is 13.4. The summed E-state index contributed by atoms with van der Waals surface area (Å²) in [7, 11) is -4.29. The van der Waals surface area contributed by atoms with Gasteiger partial charge in [-0.2, -0.15) is 5.10 Å². The van der Waals surface area contributed by atoms with Gasteiger partial charge >= 0.3 is 5.97 Å². The number of nitrogens with zero attached hydrogens (tertiary/aromatic N) is 5. The molecule has 13 heteroatoms. The molecular weight excluding hydrogens is 545 g/mol. The Morgan fingerprint density at radius 1 is 1.08 bits per heavy atom. The Morgan fingerprint density at radius 2 is 1.86 bits per heavy atom. The van der Waals surface area contributed by atoms with Gasteiger partial charge in [-0.1, -0.05) is 23.2 Å². The molecule has 5 aromatic rings. The van der Waals surface area contributed by atoms with E-state index in [-0.39, 0.29) is 20.6 Å². The fourth-order valence-corrected chi connectivity index (χ4v) is 6.44. The summed E-state index contributed by atoms with van der Waals surface area (Å²) < 4.78 is 29.4. The molecular formula is C23H15Cl2N5O4S2. The van der Waals surface area contributed by atoms with Crippen molar-refractivity contribution in [2.24, 2.45) is 0 Å². The summed E-state index contributed by atoms with van der Waals surface area (Å²) in [6, 6.07) is 12.3. The van der Waals surface area contributed by atoms with Gasteiger partial charge in [-0.3, -0.25) is 13.7 Å². The predicted molar refractivity (Wildman–Crippen MR) is 139 cm³/mol. The molecule has 0 unspecified atom stereocenters. The third-order valence-electron chi connectivity index (χ3n) is 5.23. The first-order valence-electron chi connectivity index (χ1n) is 10.3. The number of sulfonamides is 1. The minimum Gasteiger partial charge on any atom is -0.480 e. The van der Waals surface area contributed by atoms with Crippen molar-refractivity contribution in [1.29, 1.82) is 0 Å². The summed E-state index contributed by atoms with van der Waals surface area (Å²) in [6.07, 6.45) is 5.11. The number of hydrogen-bond acceptors (Lipinski definition) is 7. The Hall–Kier alpha value is -3.51. The monoisotopic (exact) mass is 559 g/mol. The van der Waals surface area contributed by atoms with Crippen LogP contribution in [0.1, 0.15) is 0 Å². The summed E-state index contributed by atoms with van der Waals surface area (Å²) in [5.41, 5.74) is 1.71. The quantitative estimate of drug-likeness (QED) is 0.293. The van der Waals surface area contributed by atoms with Crippen molar-refractivity contribution in [3.8, 4) is 16.4 Å². The number of carbonyl (C=O) groups is 1. The van der Waals surface area contributed by atoms with Crippen LogP contribution in [-0.4, -0.2) is 45.8 Å². The molecule has 36 heavy (non-hydrogen) atoms. The van der Waals surface area contributed by atoms with Crippen molar-refractivity contribution in [2.45, 2.75) is 4.90 Å². The lowest BCUT2D eigenvalue weighted by Crippen LogP contribution is -2.35. The van der Waals surface area contributed by atoms with Gasteiger partial charge in [0.2, 0.25) is 0 Å². The molecule has 0 aliphatic heterocycles. The molecule has 3 aromatic heterocycles. The molecule has 3 heterocycles. The van der Waals surface area contributed by atoms with Crippen LogP contribution in [0.4, 0.5) is 5.69 Å². The number of aromatic nitrogens is 4. The van der Waals surface area contributed by atoms with Crippen LogP contribution in [-0.2, 0) is 14.8 Å². The summed E-state index contributed by atoms with van der Waals surface area (Å²) >= 11 is 13.5. The maximum Gasteiger partial charge on any atom is 0.324 e. The molecule has 0 aliphatic carbocycles. The Balaban J connectivity index is 1.57. The molecule has 9 nitrogen and oxygen atoms in total. The fourth-order valence-electron chi connectivity index (χ4n) is 3.68. The molecule has 5 rings (SSSR count). The van der Waals surface area contributed by atoms with Gasteiger partial charge in [0, 0.05) is 38.8 Å². The van der Waals surface area contributed by atoms with E-state index in [9.17, 15) is 18.3 Å². The molecule has 0 spiro atoms. The molecule has 0 radical (unpaired) electrons. The Labute approximate surface area is 219 Å². The SMILES string of the molecule is O=C(O)CN(c1ccc2c(ccn2-c2cc(-c3nccs3)cnn2)c1)S(=O)(=O)c1cc(Cl)cc(Cl)c1. The Morgan fingerprint density at radius 3 is 2.56 bits per heavy atom. The second kappa shape index (κ2) is 9.51. The first-order chi connectivity index (χ1) is 17.2. The lowest BCUT2D eigenvalue weighted by molar-refractivity contribution is -0.135. The van der Waals surface area contributed by atoms with Crippen LogP contribution >= 0.6 is 34.5 Å². The minimum absolute atomic E-state index is 0.116. The number of carboxylic acids is 1. The number of carboxylic acid groups (broad SMARTS) is 1. The van der Waals surface area contributed by atoms with E-state index in [1.165, 1.54) is 35.6 Å². The van der Waals surface area contributed by atoms with E-state index in [0.29, 0.717) is 11.2 Å². The number of benzene rings is 2. The number of fused-ring (bicyclic) bond motifs is 1. The molecule has 0 saturated carbocycles. The molecule has 1 N–H and O–H groups in total. The van der Waals surface area contributed by atoms with Gasteiger partial charge < -0.3 is 5.11 Å². The molecule has 0 fully saturated rings. The highest BCUT2D eigenvalue weighted by Gasteiger charge is 2.28. The summed E-state index contributed by atoms with van der Waals surface area (Å²) in [6.45, 7) is -0.792. The van der Waals surface area contributed by atoms with Gasteiger partial charge in [-0.15, -0.1) is 16.4 Å². The van der Waals surface area contributed by atoms with Gasteiger partial charge in [0.15, 0.2) is 5.82 Å². The third-order valence-corrected chi connectivity index (χ3v) is 8.24. The van der Waals surface area contributed by atoms with Crippen LogP contribution in [0.15, 0.2) is 77.4 Å². The van der Waals surface area contributed by atoms with Gasteiger partial charge in [0.1, 0.15) is 11.6 Å². The van der Waals surface area contributed by atoms with Crippen LogP contribution in [0.2, 0.25) is 10.0 Å². The van der Waals surface area contributed by atoms with Gasteiger partial charge in [-0.25, -0.2) is 13.4 Å². The number of hydrogen-bond donors (Lipinski definition) is 1. The first kappa shape index (κ1) is 24.2. The smallest absolute Gasteiger partial charge is 0.324 e. The van der Waals surface area contributed by atoms with E-state index in [0.717, 1.165) is 20.4 Å². The van der Waals surface area contributed by atoms with E-state index >= 15 is 0 Å². The summed E-state index contributed by atoms with van der Waals surface area (Å²) in [4.78, 5) is 15.7. The second-order valence-electron chi connectivity index (χ2n) is 7.58. The zero-order valence-corrected chi connectivity index (χ0v) is 21.3. The molecule has 0 aliphatic rings. The molecule has 2 aromatic carbocycles. The predicted octanol–water partition coefficient (Wildman–Crippen LogP) is 5.13. The van der Waals surface area contributed by atoms with Crippen molar-refractivity contribution < 1.29 is 18.3 Å². The first-order valence-corrected chi connectivity index (χ1v) is 13.3. The zero-order valence-electron chi connectivity index (χ0n) is 18.1.